The summed E-state index contributed by atoms with van der Waals surface area (Å²) in [7, 11) is 0. The van der Waals surface area contributed by atoms with Gasteiger partial charge in [-0.3, -0.25) is 14.6 Å². The van der Waals surface area contributed by atoms with Gasteiger partial charge in [0.1, 0.15) is 6.61 Å². The van der Waals surface area contributed by atoms with Gasteiger partial charge in [-0.2, -0.15) is 0 Å². The van der Waals surface area contributed by atoms with Gasteiger partial charge < -0.3 is 10.1 Å². The Balaban J connectivity index is 1.40. The number of ether oxygens (including phenoxy) is 1. The fraction of sp³-hybridized carbons (Fsp3) is 0.619. The van der Waals surface area contributed by atoms with Gasteiger partial charge in [-0.05, 0) is 18.4 Å². The number of benzene rings is 1. The Kier molecular flexibility index (Phi) is 5.34. The van der Waals surface area contributed by atoms with Gasteiger partial charge in [-0.1, -0.05) is 49.6 Å². The van der Waals surface area contributed by atoms with Crippen molar-refractivity contribution in [2.75, 3.05) is 32.8 Å². The maximum Gasteiger partial charge on any atom is 0.410 e. The number of piperazine rings is 1. The van der Waals surface area contributed by atoms with Crippen LogP contribution < -0.4 is 5.32 Å². The quantitative estimate of drug-likeness (QED) is 0.862. The van der Waals surface area contributed by atoms with Gasteiger partial charge >= 0.3 is 6.09 Å². The number of amides is 2. The molecule has 1 N–H and O–H groups in total. The van der Waals surface area contributed by atoms with E-state index in [1.54, 1.807) is 0 Å². The zero-order valence-corrected chi connectivity index (χ0v) is 15.9. The minimum absolute atomic E-state index is 0.107. The normalized spacial score (nSPS) is 26.5. The first-order valence-electron chi connectivity index (χ1n) is 10.1. The summed E-state index contributed by atoms with van der Waals surface area (Å²) in [5, 5.41) is 3.20. The highest BCUT2D eigenvalue weighted by molar-refractivity contribution is 5.78. The van der Waals surface area contributed by atoms with Gasteiger partial charge in [0.2, 0.25) is 5.91 Å². The van der Waals surface area contributed by atoms with Crippen LogP contribution in [0.1, 0.15) is 37.7 Å². The molecule has 1 aromatic carbocycles. The van der Waals surface area contributed by atoms with E-state index in [4.69, 9.17) is 4.74 Å². The molecule has 3 aliphatic rings. The number of carbonyl (C=O) groups excluding carboxylic acids is 2. The van der Waals surface area contributed by atoms with Crippen molar-refractivity contribution >= 4 is 12.0 Å². The number of cyclic esters (lactones) is 1. The fourth-order valence-corrected chi connectivity index (χ4v) is 4.78. The van der Waals surface area contributed by atoms with Crippen LogP contribution in [0.15, 0.2) is 30.3 Å². The highest BCUT2D eigenvalue weighted by atomic mass is 16.6. The average Bonchev–Trinajstić information content (AvgIpc) is 2.99. The van der Waals surface area contributed by atoms with E-state index in [2.05, 4.69) is 22.3 Å². The van der Waals surface area contributed by atoms with Crippen LogP contribution in [0.3, 0.4) is 0 Å². The van der Waals surface area contributed by atoms with Crippen molar-refractivity contribution in [3.05, 3.63) is 35.9 Å². The Morgan fingerprint density at radius 1 is 1.15 bits per heavy atom. The first-order valence-corrected chi connectivity index (χ1v) is 10.1. The Labute approximate surface area is 160 Å². The van der Waals surface area contributed by atoms with Gasteiger partial charge in [-0.15, -0.1) is 0 Å². The van der Waals surface area contributed by atoms with Crippen LogP contribution in [0.4, 0.5) is 4.79 Å². The molecule has 2 aliphatic heterocycles. The van der Waals surface area contributed by atoms with Crippen LogP contribution in [0, 0.1) is 0 Å². The van der Waals surface area contributed by atoms with Gasteiger partial charge in [0.15, 0.2) is 0 Å². The van der Waals surface area contributed by atoms with E-state index in [0.29, 0.717) is 38.8 Å². The number of nitrogens with one attached hydrogen (secondary N) is 1. The topological polar surface area (TPSA) is 61.9 Å². The molecule has 6 heteroatoms. The molecule has 1 aromatic rings. The molecule has 2 amide bonds. The molecule has 0 spiro atoms. The molecule has 0 radical (unpaired) electrons. The van der Waals surface area contributed by atoms with E-state index >= 15 is 0 Å². The number of fused-ring (bicyclic) bond motifs is 1. The van der Waals surface area contributed by atoms with Crippen LogP contribution in [-0.2, 0) is 16.0 Å². The smallest absolute Gasteiger partial charge is 0.410 e. The van der Waals surface area contributed by atoms with Crippen LogP contribution >= 0.6 is 0 Å². The van der Waals surface area contributed by atoms with E-state index in [1.807, 2.05) is 23.1 Å². The predicted octanol–water partition coefficient (Wildman–Crippen LogP) is 2.18. The van der Waals surface area contributed by atoms with E-state index in [0.717, 1.165) is 19.3 Å². The van der Waals surface area contributed by atoms with Crippen LogP contribution in [0.5, 0.6) is 0 Å². The monoisotopic (exact) mass is 371 g/mol. The molecule has 0 bridgehead atoms. The van der Waals surface area contributed by atoms with E-state index in [1.165, 1.54) is 24.8 Å². The first-order chi connectivity index (χ1) is 13.1. The lowest BCUT2D eigenvalue weighted by Crippen LogP contribution is -2.63. The van der Waals surface area contributed by atoms with E-state index in [9.17, 15) is 9.59 Å². The third kappa shape index (κ3) is 4.10. The largest absolute Gasteiger partial charge is 0.447 e. The molecule has 146 valence electrons. The Bertz CT molecular complexity index is 675. The number of nitrogens with zero attached hydrogens (tertiary/aromatic N) is 2. The highest BCUT2D eigenvalue weighted by Gasteiger charge is 2.50. The minimum Gasteiger partial charge on any atom is -0.447 e. The molecule has 27 heavy (non-hydrogen) atoms. The summed E-state index contributed by atoms with van der Waals surface area (Å²) in [6.45, 7) is 2.79. The van der Waals surface area contributed by atoms with Crippen molar-refractivity contribution in [1.82, 2.24) is 15.1 Å². The summed E-state index contributed by atoms with van der Waals surface area (Å²) >= 11 is 0. The summed E-state index contributed by atoms with van der Waals surface area (Å²) in [5.74, 6) is 0.107. The van der Waals surface area contributed by atoms with Gasteiger partial charge in [0, 0.05) is 32.1 Å². The zero-order chi connectivity index (χ0) is 18.7. The maximum atomic E-state index is 12.5. The second-order valence-electron chi connectivity index (χ2n) is 8.21. The Morgan fingerprint density at radius 3 is 2.70 bits per heavy atom. The Morgan fingerprint density at radius 2 is 1.93 bits per heavy atom. The molecule has 2 heterocycles. The van der Waals surface area contributed by atoms with Crippen LogP contribution in [0.2, 0.25) is 0 Å². The lowest BCUT2D eigenvalue weighted by molar-refractivity contribution is -0.124. The fourth-order valence-electron chi connectivity index (χ4n) is 4.78. The second kappa shape index (κ2) is 7.89. The van der Waals surface area contributed by atoms with Crippen molar-refractivity contribution in [2.45, 2.75) is 50.1 Å². The van der Waals surface area contributed by atoms with Crippen LogP contribution in [-0.4, -0.2) is 66.2 Å². The summed E-state index contributed by atoms with van der Waals surface area (Å²) in [4.78, 5) is 28.8. The zero-order valence-electron chi connectivity index (χ0n) is 15.9. The van der Waals surface area contributed by atoms with Crippen molar-refractivity contribution in [2.24, 2.45) is 0 Å². The molecule has 2 saturated heterocycles. The standard InChI is InChI=1S/C21H29N3O3/c25-19(22-18-9-5-2-6-10-18)14-23-11-12-24-20(26)27-16-21(24,15-23)13-17-7-3-1-4-8-17/h1,3-4,7-8,18H,2,5-6,9-16H2,(H,22,25). The number of hydrogen-bond acceptors (Lipinski definition) is 4. The third-order valence-corrected chi connectivity index (χ3v) is 6.13. The van der Waals surface area contributed by atoms with Crippen molar-refractivity contribution in [3.63, 3.8) is 0 Å². The SMILES string of the molecule is O=C(CN1CCN2C(=O)OCC2(Cc2ccccc2)C1)NC1CCCCC1. The summed E-state index contributed by atoms with van der Waals surface area (Å²) < 4.78 is 5.41. The average molecular weight is 371 g/mol. The van der Waals surface area contributed by atoms with E-state index < -0.39 is 0 Å². The van der Waals surface area contributed by atoms with E-state index in [-0.39, 0.29) is 17.5 Å². The molecule has 6 nitrogen and oxygen atoms in total. The molecule has 1 atom stereocenters. The molecular weight excluding hydrogens is 342 g/mol. The molecule has 4 rings (SSSR count). The molecular formula is C21H29N3O3. The lowest BCUT2D eigenvalue weighted by atomic mass is 9.88. The first kappa shape index (κ1) is 18.3. The molecule has 1 saturated carbocycles. The summed E-state index contributed by atoms with van der Waals surface area (Å²) in [5.41, 5.74) is 0.816. The predicted molar refractivity (Wildman–Crippen MR) is 102 cm³/mol. The second-order valence-corrected chi connectivity index (χ2v) is 8.21. The molecule has 1 unspecified atom stereocenters. The summed E-state index contributed by atoms with van der Waals surface area (Å²) in [6.07, 6.45) is 6.42. The van der Waals surface area contributed by atoms with Crippen LogP contribution in [0.25, 0.3) is 0 Å². The van der Waals surface area contributed by atoms with Gasteiger partial charge in [-0.25, -0.2) is 4.79 Å². The minimum atomic E-state index is -0.373. The highest BCUT2D eigenvalue weighted by Crippen LogP contribution is 2.32. The van der Waals surface area contributed by atoms with Crippen molar-refractivity contribution in [3.8, 4) is 0 Å². The summed E-state index contributed by atoms with van der Waals surface area (Å²) in [6, 6.07) is 10.5. The molecule has 3 fully saturated rings. The maximum absolute atomic E-state index is 12.5. The number of rotatable bonds is 5. The molecule has 1 aliphatic carbocycles. The number of hydrogen-bond donors (Lipinski definition) is 1. The third-order valence-electron chi connectivity index (χ3n) is 6.13. The van der Waals surface area contributed by atoms with Crippen molar-refractivity contribution < 1.29 is 14.3 Å². The number of carbonyl (C=O) groups is 2. The van der Waals surface area contributed by atoms with Gasteiger partial charge in [0.25, 0.3) is 0 Å². The van der Waals surface area contributed by atoms with Gasteiger partial charge in [0.05, 0.1) is 12.1 Å². The lowest BCUT2D eigenvalue weighted by Gasteiger charge is -2.44. The van der Waals surface area contributed by atoms with Crippen molar-refractivity contribution in [1.29, 1.82) is 0 Å². The molecule has 0 aromatic heterocycles. The Hall–Kier alpha value is -2.08.